The molecule has 0 spiro atoms. The third-order valence-electron chi connectivity index (χ3n) is 6.60. The van der Waals surface area contributed by atoms with Crippen molar-refractivity contribution in [2.24, 2.45) is 11.1 Å². The number of methoxy groups -OCH3 is 1. The quantitative estimate of drug-likeness (QED) is 0.435. The Hall–Kier alpha value is -2.79. The van der Waals surface area contributed by atoms with E-state index in [-0.39, 0.29) is 11.2 Å². The number of nitrogens with zero attached hydrogens (tertiary/aromatic N) is 2. The Labute approximate surface area is 225 Å². The van der Waals surface area contributed by atoms with Crippen molar-refractivity contribution in [2.45, 2.75) is 39.2 Å². The van der Waals surface area contributed by atoms with E-state index in [1.807, 2.05) is 35.2 Å². The van der Waals surface area contributed by atoms with Crippen LogP contribution in [0.5, 0.6) is 5.75 Å². The first-order chi connectivity index (χ1) is 17.1. The van der Waals surface area contributed by atoms with Crippen molar-refractivity contribution in [1.82, 2.24) is 4.90 Å². The van der Waals surface area contributed by atoms with E-state index in [0.717, 1.165) is 21.3 Å². The van der Waals surface area contributed by atoms with Gasteiger partial charge in [-0.25, -0.2) is 0 Å². The number of nitrogens with two attached hydrogens (primary N) is 1. The molecule has 2 aromatic carbocycles. The molecule has 2 aromatic rings. The number of Topliss-reactive ketones (excluding diaryl/α,β-unsaturated/α-hetero) is 1. The number of carbonyl (C=O) groups excluding carboxylic acids is 1. The summed E-state index contributed by atoms with van der Waals surface area (Å²) in [5.41, 5.74) is 9.92. The predicted molar refractivity (Wildman–Crippen MR) is 143 cm³/mol. The second-order valence-electron chi connectivity index (χ2n) is 9.89. The third kappa shape index (κ3) is 5.31. The van der Waals surface area contributed by atoms with E-state index in [2.05, 4.69) is 35.8 Å². The lowest BCUT2D eigenvalue weighted by atomic mass is 9.68. The fourth-order valence-corrected chi connectivity index (χ4v) is 5.41. The zero-order valence-corrected chi connectivity index (χ0v) is 22.9. The highest BCUT2D eigenvalue weighted by Gasteiger charge is 2.44. The molecule has 1 atom stereocenters. The van der Waals surface area contributed by atoms with Gasteiger partial charge in [-0.2, -0.15) is 5.26 Å². The Bertz CT molecular complexity index is 1280. The second kappa shape index (κ2) is 10.7. The Kier molecular flexibility index (Phi) is 7.79. The van der Waals surface area contributed by atoms with E-state index in [9.17, 15) is 10.1 Å². The van der Waals surface area contributed by atoms with Gasteiger partial charge in [-0.05, 0) is 47.2 Å². The van der Waals surface area contributed by atoms with Gasteiger partial charge in [0.15, 0.2) is 5.78 Å². The van der Waals surface area contributed by atoms with Gasteiger partial charge in [0.2, 0.25) is 0 Å². The predicted octanol–water partition coefficient (Wildman–Crippen LogP) is 6.06. The number of hydrogen-bond donors (Lipinski definition) is 1. The number of ether oxygens (including phenoxy) is 2. The molecule has 0 radical (unpaired) electrons. The summed E-state index contributed by atoms with van der Waals surface area (Å²) in [6.45, 7) is 5.40. The number of hydrogen-bond acceptors (Lipinski definition) is 6. The molecule has 6 nitrogen and oxygen atoms in total. The average Bonchev–Trinajstić information content (AvgIpc) is 2.82. The third-order valence-corrected chi connectivity index (χ3v) is 7.43. The van der Waals surface area contributed by atoms with Crippen molar-refractivity contribution >= 4 is 33.3 Å². The van der Waals surface area contributed by atoms with Crippen LogP contribution in [0.25, 0.3) is 0 Å². The molecule has 0 bridgehead atoms. The van der Waals surface area contributed by atoms with Crippen LogP contribution in [0.1, 0.15) is 43.7 Å². The number of rotatable bonds is 7. The molecule has 36 heavy (non-hydrogen) atoms. The number of benzene rings is 2. The number of allylic oxidation sites excluding steroid dienone is 3. The minimum absolute atomic E-state index is 0.0283. The molecular weight excluding hydrogens is 542 g/mol. The molecule has 188 valence electrons. The topological polar surface area (TPSA) is 88.6 Å². The SMILES string of the molecule is COCCN1C(N)=C(C#N)[C@H](c2ccc(OCc3ccc(Br)cc3)c(Cl)c2)C2=C1CC(C)(C)CC2=O. The maximum absolute atomic E-state index is 13.5. The molecule has 0 saturated carbocycles. The van der Waals surface area contributed by atoms with Crippen molar-refractivity contribution in [3.05, 3.63) is 85.8 Å². The Balaban J connectivity index is 1.71. The molecular formula is C28H29BrClN3O3. The lowest BCUT2D eigenvalue weighted by Gasteiger charge is -2.43. The molecule has 0 amide bonds. The molecule has 2 N–H and O–H groups in total. The maximum Gasteiger partial charge on any atom is 0.162 e. The summed E-state index contributed by atoms with van der Waals surface area (Å²) in [6.07, 6.45) is 1.08. The first kappa shape index (κ1) is 26.3. The van der Waals surface area contributed by atoms with Crippen molar-refractivity contribution < 1.29 is 14.3 Å². The minimum Gasteiger partial charge on any atom is -0.487 e. The van der Waals surface area contributed by atoms with Gasteiger partial charge in [-0.15, -0.1) is 0 Å². The van der Waals surface area contributed by atoms with E-state index in [1.54, 1.807) is 19.2 Å². The highest BCUT2D eigenvalue weighted by atomic mass is 79.9. The van der Waals surface area contributed by atoms with Crippen molar-refractivity contribution in [2.75, 3.05) is 20.3 Å². The summed E-state index contributed by atoms with van der Waals surface area (Å²) in [7, 11) is 1.62. The Morgan fingerprint density at radius 2 is 1.94 bits per heavy atom. The van der Waals surface area contributed by atoms with Gasteiger partial charge < -0.3 is 20.1 Å². The monoisotopic (exact) mass is 569 g/mol. The van der Waals surface area contributed by atoms with Gasteiger partial charge >= 0.3 is 0 Å². The van der Waals surface area contributed by atoms with Gasteiger partial charge in [0.05, 0.1) is 29.2 Å². The van der Waals surface area contributed by atoms with Crippen molar-refractivity contribution in [1.29, 1.82) is 5.26 Å². The number of halogens is 2. The van der Waals surface area contributed by atoms with Gasteiger partial charge in [-0.3, -0.25) is 4.79 Å². The highest BCUT2D eigenvalue weighted by molar-refractivity contribution is 9.10. The number of nitriles is 1. The zero-order chi connectivity index (χ0) is 26.0. The van der Waals surface area contributed by atoms with Crippen LogP contribution in [0.4, 0.5) is 0 Å². The van der Waals surface area contributed by atoms with Crippen LogP contribution in [0, 0.1) is 16.7 Å². The molecule has 0 unspecified atom stereocenters. The first-order valence-electron chi connectivity index (χ1n) is 11.7. The Morgan fingerprint density at radius 1 is 1.22 bits per heavy atom. The van der Waals surface area contributed by atoms with E-state index >= 15 is 0 Å². The lowest BCUT2D eigenvalue weighted by Crippen LogP contribution is -2.43. The van der Waals surface area contributed by atoms with Crippen LogP contribution in [0.15, 0.2) is 69.6 Å². The van der Waals surface area contributed by atoms with Gasteiger partial charge in [-0.1, -0.05) is 59.6 Å². The van der Waals surface area contributed by atoms with Crippen LogP contribution in [-0.2, 0) is 16.1 Å². The summed E-state index contributed by atoms with van der Waals surface area (Å²) in [6, 6.07) is 15.6. The molecule has 0 fully saturated rings. The lowest BCUT2D eigenvalue weighted by molar-refractivity contribution is -0.118. The minimum atomic E-state index is -0.578. The van der Waals surface area contributed by atoms with Crippen LogP contribution >= 0.6 is 27.5 Å². The van der Waals surface area contributed by atoms with E-state index in [1.165, 1.54) is 0 Å². The fraction of sp³-hybridized carbons (Fsp3) is 0.357. The summed E-state index contributed by atoms with van der Waals surface area (Å²) >= 11 is 10.1. The number of carbonyl (C=O) groups is 1. The molecule has 4 rings (SSSR count). The molecule has 1 heterocycles. The van der Waals surface area contributed by atoms with E-state index in [4.69, 9.17) is 26.8 Å². The van der Waals surface area contributed by atoms with E-state index < -0.39 is 5.92 Å². The Morgan fingerprint density at radius 3 is 2.58 bits per heavy atom. The smallest absolute Gasteiger partial charge is 0.162 e. The zero-order valence-electron chi connectivity index (χ0n) is 20.6. The summed E-state index contributed by atoms with van der Waals surface area (Å²) in [5.74, 6) is 0.336. The average molecular weight is 571 g/mol. The number of ketones is 1. The van der Waals surface area contributed by atoms with Crippen LogP contribution in [0.2, 0.25) is 5.02 Å². The molecule has 0 aromatic heterocycles. The molecule has 8 heteroatoms. The van der Waals surface area contributed by atoms with Crippen LogP contribution < -0.4 is 10.5 Å². The standard InChI is InChI=1S/C28H29BrClN3O3/c1-28(2)13-22-26(23(34)14-28)25(20(15-31)27(32)33(22)10-11-35-3)18-6-9-24(21(30)12-18)36-16-17-4-7-19(29)8-5-17/h4-9,12,25H,10-11,13-14,16,32H2,1-3H3/t25-/m0/s1. The van der Waals surface area contributed by atoms with Crippen LogP contribution in [-0.4, -0.2) is 30.9 Å². The second-order valence-corrected chi connectivity index (χ2v) is 11.2. The molecule has 1 aliphatic heterocycles. The van der Waals surface area contributed by atoms with E-state index in [0.29, 0.717) is 60.3 Å². The largest absolute Gasteiger partial charge is 0.487 e. The summed E-state index contributed by atoms with van der Waals surface area (Å²) in [4.78, 5) is 15.4. The fourth-order valence-electron chi connectivity index (χ4n) is 4.90. The van der Waals surface area contributed by atoms with Gasteiger partial charge in [0.25, 0.3) is 0 Å². The van der Waals surface area contributed by atoms with Crippen LogP contribution in [0.3, 0.4) is 0 Å². The molecule has 2 aliphatic rings. The summed E-state index contributed by atoms with van der Waals surface area (Å²) < 4.78 is 12.2. The summed E-state index contributed by atoms with van der Waals surface area (Å²) in [5, 5.41) is 10.5. The normalized spacial score (nSPS) is 19.3. The first-order valence-corrected chi connectivity index (χ1v) is 12.9. The van der Waals surface area contributed by atoms with Crippen molar-refractivity contribution in [3.63, 3.8) is 0 Å². The van der Waals surface area contributed by atoms with Gasteiger partial charge in [0.1, 0.15) is 18.2 Å². The highest BCUT2D eigenvalue weighted by Crippen LogP contribution is 2.49. The molecule has 1 aliphatic carbocycles. The maximum atomic E-state index is 13.5. The van der Waals surface area contributed by atoms with Crippen molar-refractivity contribution in [3.8, 4) is 11.8 Å². The van der Waals surface area contributed by atoms with Gasteiger partial charge in [0, 0.05) is 35.8 Å². The molecule has 0 saturated heterocycles.